The first kappa shape index (κ1) is 35.6. The number of amides is 3. The van der Waals surface area contributed by atoms with E-state index in [4.69, 9.17) is 4.74 Å². The minimum absolute atomic E-state index is 0.00870. The van der Waals surface area contributed by atoms with E-state index >= 15 is 0 Å². The van der Waals surface area contributed by atoms with Crippen molar-refractivity contribution in [1.82, 2.24) is 15.5 Å². The van der Waals surface area contributed by atoms with Gasteiger partial charge in [-0.2, -0.15) is 13.2 Å². The highest BCUT2D eigenvalue weighted by molar-refractivity contribution is 5.89. The van der Waals surface area contributed by atoms with Crippen molar-refractivity contribution >= 4 is 17.9 Å². The fourth-order valence-corrected chi connectivity index (χ4v) is 4.72. The Morgan fingerprint density at radius 1 is 0.791 bits per heavy atom. The molecule has 3 amide bonds. The van der Waals surface area contributed by atoms with Gasteiger partial charge in [0, 0.05) is 13.0 Å². The number of nitrogens with one attached hydrogen (secondary N) is 2. The topological polar surface area (TPSA) is 87.7 Å². The number of nitrogens with zero attached hydrogens (tertiary/aromatic N) is 1. The average Bonchev–Trinajstić information content (AvgIpc) is 2.99. The van der Waals surface area contributed by atoms with E-state index in [1.165, 1.54) is 32.1 Å². The lowest BCUT2D eigenvalue weighted by Gasteiger charge is -2.29. The molecule has 0 aliphatic heterocycles. The molecule has 2 N–H and O–H groups in total. The van der Waals surface area contributed by atoms with Crippen LogP contribution in [0.3, 0.4) is 0 Å². The first-order valence-corrected chi connectivity index (χ1v) is 15.3. The summed E-state index contributed by atoms with van der Waals surface area (Å²) in [5.41, 5.74) is 1.45. The van der Waals surface area contributed by atoms with Crippen molar-refractivity contribution in [2.24, 2.45) is 0 Å². The Morgan fingerprint density at radius 3 is 1.88 bits per heavy atom. The molecule has 2 aromatic rings. The largest absolute Gasteiger partial charge is 0.445 e. The SMILES string of the molecule is CCCCCCCCCCCCN(CC(F)(F)F)C(=O)[C@@H](Cc1ccccc1)NC(=O)CNC(=O)OCc1ccccc1. The molecule has 0 aliphatic carbocycles. The predicted molar refractivity (Wildman–Crippen MR) is 161 cm³/mol. The van der Waals surface area contributed by atoms with Gasteiger partial charge in [-0.3, -0.25) is 9.59 Å². The number of unbranched alkanes of at least 4 members (excludes halogenated alkanes) is 9. The number of carbonyl (C=O) groups is 3. The normalized spacial score (nSPS) is 11.9. The average molecular weight is 606 g/mol. The van der Waals surface area contributed by atoms with Gasteiger partial charge in [-0.25, -0.2) is 4.79 Å². The summed E-state index contributed by atoms with van der Waals surface area (Å²) in [6, 6.07) is 16.5. The second-order valence-corrected chi connectivity index (χ2v) is 10.8. The summed E-state index contributed by atoms with van der Waals surface area (Å²) < 4.78 is 45.5. The number of benzene rings is 2. The quantitative estimate of drug-likeness (QED) is 0.160. The van der Waals surface area contributed by atoms with Crippen LogP contribution >= 0.6 is 0 Å². The van der Waals surface area contributed by atoms with E-state index in [-0.39, 0.29) is 19.6 Å². The van der Waals surface area contributed by atoms with Crippen molar-refractivity contribution in [2.45, 2.75) is 96.4 Å². The molecular weight excluding hydrogens is 559 g/mol. The second-order valence-electron chi connectivity index (χ2n) is 10.8. The second kappa shape index (κ2) is 20.4. The third-order valence-corrected chi connectivity index (χ3v) is 6.99. The Bertz CT molecular complexity index is 1070. The smallest absolute Gasteiger partial charge is 0.407 e. The van der Waals surface area contributed by atoms with Crippen molar-refractivity contribution in [1.29, 1.82) is 0 Å². The van der Waals surface area contributed by atoms with Crippen LogP contribution in [0.15, 0.2) is 60.7 Å². The molecule has 0 heterocycles. The molecule has 0 fully saturated rings. The first-order chi connectivity index (χ1) is 20.7. The molecule has 0 saturated carbocycles. The van der Waals surface area contributed by atoms with Crippen LogP contribution in [-0.4, -0.2) is 54.7 Å². The van der Waals surface area contributed by atoms with Crippen molar-refractivity contribution in [3.8, 4) is 0 Å². The van der Waals surface area contributed by atoms with Crippen molar-refractivity contribution in [3.05, 3.63) is 71.8 Å². The number of alkyl halides is 3. The van der Waals surface area contributed by atoms with Gasteiger partial charge in [0.2, 0.25) is 11.8 Å². The summed E-state index contributed by atoms with van der Waals surface area (Å²) in [6.45, 7) is 0.238. The number of alkyl carbamates (subject to hydrolysis) is 1. The molecule has 238 valence electrons. The third-order valence-electron chi connectivity index (χ3n) is 6.99. The maximum atomic E-state index is 13.5. The lowest BCUT2D eigenvalue weighted by molar-refractivity contribution is -0.163. The van der Waals surface area contributed by atoms with Gasteiger partial charge in [0.15, 0.2) is 0 Å². The maximum absolute atomic E-state index is 13.5. The van der Waals surface area contributed by atoms with Crippen LogP contribution in [0.4, 0.5) is 18.0 Å². The highest BCUT2D eigenvalue weighted by atomic mass is 19.4. The molecule has 1 atom stereocenters. The minimum Gasteiger partial charge on any atom is -0.445 e. The maximum Gasteiger partial charge on any atom is 0.407 e. The van der Waals surface area contributed by atoms with E-state index in [2.05, 4.69) is 17.6 Å². The van der Waals surface area contributed by atoms with Gasteiger partial charge in [0.05, 0.1) is 0 Å². The Kier molecular flexibility index (Phi) is 16.9. The monoisotopic (exact) mass is 605 g/mol. The zero-order valence-electron chi connectivity index (χ0n) is 25.2. The number of carbonyl (C=O) groups excluding carboxylic acids is 3. The molecule has 2 aromatic carbocycles. The van der Waals surface area contributed by atoms with Crippen LogP contribution in [0.1, 0.15) is 82.3 Å². The minimum atomic E-state index is -4.58. The van der Waals surface area contributed by atoms with Crippen molar-refractivity contribution in [2.75, 3.05) is 19.6 Å². The van der Waals surface area contributed by atoms with Crippen molar-refractivity contribution < 1.29 is 32.3 Å². The number of hydrogen-bond acceptors (Lipinski definition) is 4. The molecule has 0 radical (unpaired) electrons. The molecule has 0 unspecified atom stereocenters. The molecule has 7 nitrogen and oxygen atoms in total. The fraction of sp³-hybridized carbons (Fsp3) is 0.545. The number of ether oxygens (including phenoxy) is 1. The van der Waals surface area contributed by atoms with Gasteiger partial charge in [-0.05, 0) is 17.5 Å². The fourth-order valence-electron chi connectivity index (χ4n) is 4.72. The van der Waals surface area contributed by atoms with E-state index in [1.807, 2.05) is 6.07 Å². The highest BCUT2D eigenvalue weighted by Crippen LogP contribution is 2.19. The van der Waals surface area contributed by atoms with E-state index in [9.17, 15) is 27.6 Å². The molecular formula is C33H46F3N3O4. The third kappa shape index (κ3) is 16.6. The molecule has 0 bridgehead atoms. The summed E-state index contributed by atoms with van der Waals surface area (Å²) in [5, 5.41) is 4.85. The van der Waals surface area contributed by atoms with Gasteiger partial charge < -0.3 is 20.3 Å². The Labute approximate surface area is 253 Å². The lowest BCUT2D eigenvalue weighted by atomic mass is 10.0. The zero-order chi connectivity index (χ0) is 31.3. The molecule has 0 aliphatic rings. The van der Waals surface area contributed by atoms with Crippen LogP contribution in [0, 0.1) is 0 Å². The molecule has 0 aromatic heterocycles. The van der Waals surface area contributed by atoms with Crippen LogP contribution in [0.5, 0.6) is 0 Å². The predicted octanol–water partition coefficient (Wildman–Crippen LogP) is 6.95. The Morgan fingerprint density at radius 2 is 1.33 bits per heavy atom. The summed E-state index contributed by atoms with van der Waals surface area (Å²) in [5.74, 6) is -1.52. The molecule has 0 saturated heterocycles. The molecule has 0 spiro atoms. The molecule has 43 heavy (non-hydrogen) atoms. The summed E-state index contributed by atoms with van der Waals surface area (Å²) >= 11 is 0. The van der Waals surface area contributed by atoms with Gasteiger partial charge in [0.1, 0.15) is 25.7 Å². The molecule has 2 rings (SSSR count). The van der Waals surface area contributed by atoms with Gasteiger partial charge >= 0.3 is 12.3 Å². The van der Waals surface area contributed by atoms with Crippen LogP contribution in [0.25, 0.3) is 0 Å². The van der Waals surface area contributed by atoms with Gasteiger partial charge in [-0.15, -0.1) is 0 Å². The van der Waals surface area contributed by atoms with E-state index in [1.54, 1.807) is 54.6 Å². The standard InChI is InChI=1S/C33H46F3N3O4/c1-2-3-4-5-6-7-8-9-10-17-22-39(26-33(34,35)36)31(41)29(23-27-18-13-11-14-19-27)38-30(40)24-37-32(42)43-25-28-20-15-12-16-21-28/h11-16,18-21,29H,2-10,17,22-26H2,1H3,(H,37,42)(H,38,40)/t29-/m1/s1. The molecule has 10 heteroatoms. The van der Waals surface area contributed by atoms with Gasteiger partial charge in [-0.1, -0.05) is 125 Å². The number of rotatable bonds is 20. The van der Waals surface area contributed by atoms with Crippen LogP contribution in [-0.2, 0) is 27.4 Å². The van der Waals surface area contributed by atoms with Crippen LogP contribution < -0.4 is 10.6 Å². The summed E-state index contributed by atoms with van der Waals surface area (Å²) in [7, 11) is 0. The Balaban J connectivity index is 1.93. The van der Waals surface area contributed by atoms with E-state index < -0.39 is 43.2 Å². The van der Waals surface area contributed by atoms with Gasteiger partial charge in [0.25, 0.3) is 0 Å². The zero-order valence-corrected chi connectivity index (χ0v) is 25.2. The lowest BCUT2D eigenvalue weighted by Crippen LogP contribution is -2.53. The summed E-state index contributed by atoms with van der Waals surface area (Å²) in [4.78, 5) is 39.0. The Hall–Kier alpha value is -3.56. The number of halogens is 3. The highest BCUT2D eigenvalue weighted by Gasteiger charge is 2.35. The van der Waals surface area contributed by atoms with Crippen LogP contribution in [0.2, 0.25) is 0 Å². The number of hydrogen-bond donors (Lipinski definition) is 2. The van der Waals surface area contributed by atoms with E-state index in [0.29, 0.717) is 12.0 Å². The summed E-state index contributed by atoms with van der Waals surface area (Å²) in [6.07, 6.45) is 4.84. The van der Waals surface area contributed by atoms with Crippen molar-refractivity contribution in [3.63, 3.8) is 0 Å². The van der Waals surface area contributed by atoms with E-state index in [0.717, 1.165) is 36.1 Å². The first-order valence-electron chi connectivity index (χ1n) is 15.3.